The Bertz CT molecular complexity index is 553. The molecule has 102 valence electrons. The third-order valence-corrected chi connectivity index (χ3v) is 4.24. The summed E-state index contributed by atoms with van der Waals surface area (Å²) in [5, 5.41) is 4.90. The van der Waals surface area contributed by atoms with Gasteiger partial charge in [-0.25, -0.2) is 0 Å². The summed E-state index contributed by atoms with van der Waals surface area (Å²) in [4.78, 5) is 0. The van der Waals surface area contributed by atoms with Gasteiger partial charge < -0.3 is 15.5 Å². The minimum Gasteiger partial charge on any atom is -0.461 e. The summed E-state index contributed by atoms with van der Waals surface area (Å²) in [7, 11) is 0. The molecule has 1 aromatic carbocycles. The fourth-order valence-corrected chi connectivity index (χ4v) is 3.01. The van der Waals surface area contributed by atoms with Gasteiger partial charge in [-0.3, -0.25) is 0 Å². The number of hydrogen-bond donors (Lipinski definition) is 2. The molecule has 1 fully saturated rings. The molecule has 1 heterocycles. The van der Waals surface area contributed by atoms with E-state index in [0.717, 1.165) is 30.7 Å². The van der Waals surface area contributed by atoms with Crippen LogP contribution in [0.4, 0.5) is 0 Å². The number of hydrogen-bond acceptors (Lipinski definition) is 3. The van der Waals surface area contributed by atoms with Crippen molar-refractivity contribution in [3.8, 4) is 0 Å². The molecule has 3 heteroatoms. The van der Waals surface area contributed by atoms with E-state index < -0.39 is 0 Å². The maximum absolute atomic E-state index is 5.94. The number of nitrogens with two attached hydrogens (primary N) is 1. The van der Waals surface area contributed by atoms with E-state index in [1.54, 1.807) is 0 Å². The molecule has 1 aromatic heterocycles. The second kappa shape index (κ2) is 5.35. The van der Waals surface area contributed by atoms with E-state index in [-0.39, 0.29) is 0 Å². The van der Waals surface area contributed by atoms with Crippen molar-refractivity contribution < 1.29 is 4.42 Å². The highest BCUT2D eigenvalue weighted by Crippen LogP contribution is 2.26. The van der Waals surface area contributed by atoms with Gasteiger partial charge >= 0.3 is 0 Å². The highest BCUT2D eigenvalue weighted by molar-refractivity contribution is 5.82. The van der Waals surface area contributed by atoms with Gasteiger partial charge in [0.15, 0.2) is 0 Å². The molecular formula is C16H22N2O. The summed E-state index contributed by atoms with van der Waals surface area (Å²) < 4.78 is 5.80. The standard InChI is InChI=1S/C16H22N2O/c1-11-15(14-4-2-3-5-16(14)19-11)10-18-13-8-6-12(17)7-9-13/h2-5,12-13,18H,6-10,17H2,1H3. The maximum atomic E-state index is 5.94. The summed E-state index contributed by atoms with van der Waals surface area (Å²) in [6.45, 7) is 2.94. The first-order valence-corrected chi connectivity index (χ1v) is 7.20. The second-order valence-corrected chi connectivity index (χ2v) is 5.63. The molecule has 0 saturated heterocycles. The molecule has 3 rings (SSSR count). The Labute approximate surface area is 114 Å². The molecule has 1 aliphatic carbocycles. The van der Waals surface area contributed by atoms with Gasteiger partial charge in [0.05, 0.1) is 0 Å². The van der Waals surface area contributed by atoms with Crippen molar-refractivity contribution in [2.45, 2.75) is 51.2 Å². The highest BCUT2D eigenvalue weighted by Gasteiger charge is 2.19. The Morgan fingerprint density at radius 2 is 1.95 bits per heavy atom. The molecule has 0 radical (unpaired) electrons. The van der Waals surface area contributed by atoms with Crippen LogP contribution in [0.5, 0.6) is 0 Å². The number of fused-ring (bicyclic) bond motifs is 1. The molecule has 0 amide bonds. The van der Waals surface area contributed by atoms with Crippen LogP contribution < -0.4 is 11.1 Å². The van der Waals surface area contributed by atoms with Gasteiger partial charge in [-0.2, -0.15) is 0 Å². The molecule has 19 heavy (non-hydrogen) atoms. The average Bonchev–Trinajstić information content (AvgIpc) is 2.74. The smallest absolute Gasteiger partial charge is 0.134 e. The van der Waals surface area contributed by atoms with Crippen LogP contribution in [0.15, 0.2) is 28.7 Å². The molecule has 0 bridgehead atoms. The summed E-state index contributed by atoms with van der Waals surface area (Å²) in [6.07, 6.45) is 4.66. The molecule has 2 aromatic rings. The van der Waals surface area contributed by atoms with Crippen molar-refractivity contribution in [2.24, 2.45) is 5.73 Å². The van der Waals surface area contributed by atoms with Gasteiger partial charge in [-0.1, -0.05) is 18.2 Å². The van der Waals surface area contributed by atoms with E-state index in [4.69, 9.17) is 10.2 Å². The van der Waals surface area contributed by atoms with Crippen molar-refractivity contribution in [3.05, 3.63) is 35.6 Å². The van der Waals surface area contributed by atoms with Crippen LogP contribution >= 0.6 is 0 Å². The monoisotopic (exact) mass is 258 g/mol. The van der Waals surface area contributed by atoms with E-state index in [1.807, 2.05) is 19.1 Å². The fraction of sp³-hybridized carbons (Fsp3) is 0.500. The van der Waals surface area contributed by atoms with Crippen molar-refractivity contribution in [1.29, 1.82) is 0 Å². The lowest BCUT2D eigenvalue weighted by atomic mass is 9.91. The summed E-state index contributed by atoms with van der Waals surface area (Å²) >= 11 is 0. The number of para-hydroxylation sites is 1. The number of furan rings is 1. The minimum absolute atomic E-state index is 0.412. The predicted octanol–water partition coefficient (Wildman–Crippen LogP) is 3.10. The van der Waals surface area contributed by atoms with Crippen molar-refractivity contribution in [3.63, 3.8) is 0 Å². The topological polar surface area (TPSA) is 51.2 Å². The zero-order valence-corrected chi connectivity index (χ0v) is 11.5. The van der Waals surface area contributed by atoms with Gasteiger partial charge in [-0.15, -0.1) is 0 Å². The van der Waals surface area contributed by atoms with Crippen LogP contribution in [-0.4, -0.2) is 12.1 Å². The number of nitrogens with one attached hydrogen (secondary N) is 1. The van der Waals surface area contributed by atoms with Crippen LogP contribution in [0.25, 0.3) is 11.0 Å². The van der Waals surface area contributed by atoms with E-state index in [0.29, 0.717) is 12.1 Å². The lowest BCUT2D eigenvalue weighted by molar-refractivity contribution is 0.341. The Balaban J connectivity index is 1.70. The van der Waals surface area contributed by atoms with Crippen LogP contribution in [0.2, 0.25) is 0 Å². The predicted molar refractivity (Wildman–Crippen MR) is 78.0 cm³/mol. The zero-order valence-electron chi connectivity index (χ0n) is 11.5. The van der Waals surface area contributed by atoms with Crippen LogP contribution in [0, 0.1) is 6.92 Å². The Kier molecular flexibility index (Phi) is 3.58. The number of rotatable bonds is 3. The van der Waals surface area contributed by atoms with Gasteiger partial charge in [0, 0.05) is 29.6 Å². The number of benzene rings is 1. The van der Waals surface area contributed by atoms with Crippen LogP contribution in [-0.2, 0) is 6.54 Å². The Morgan fingerprint density at radius 3 is 2.74 bits per heavy atom. The quantitative estimate of drug-likeness (QED) is 0.889. The van der Waals surface area contributed by atoms with Crippen molar-refractivity contribution in [2.75, 3.05) is 0 Å². The molecule has 0 atom stereocenters. The highest BCUT2D eigenvalue weighted by atomic mass is 16.3. The lowest BCUT2D eigenvalue weighted by Crippen LogP contribution is -2.37. The van der Waals surface area contributed by atoms with Gasteiger partial charge in [-0.05, 0) is 38.7 Å². The maximum Gasteiger partial charge on any atom is 0.134 e. The SMILES string of the molecule is Cc1oc2ccccc2c1CNC1CCC(N)CC1. The minimum atomic E-state index is 0.412. The van der Waals surface area contributed by atoms with Crippen molar-refractivity contribution >= 4 is 11.0 Å². The van der Waals surface area contributed by atoms with Crippen LogP contribution in [0.3, 0.4) is 0 Å². The largest absolute Gasteiger partial charge is 0.461 e. The van der Waals surface area contributed by atoms with Gasteiger partial charge in [0.1, 0.15) is 11.3 Å². The fourth-order valence-electron chi connectivity index (χ4n) is 3.01. The summed E-state index contributed by atoms with van der Waals surface area (Å²) in [6, 6.07) is 9.28. The van der Waals surface area contributed by atoms with E-state index in [9.17, 15) is 0 Å². The second-order valence-electron chi connectivity index (χ2n) is 5.63. The van der Waals surface area contributed by atoms with Gasteiger partial charge in [0.2, 0.25) is 0 Å². The molecule has 1 aliphatic rings. The zero-order chi connectivity index (χ0) is 13.2. The first kappa shape index (κ1) is 12.7. The normalized spacial score (nSPS) is 23.9. The summed E-state index contributed by atoms with van der Waals surface area (Å²) in [5.74, 6) is 1.03. The molecule has 0 spiro atoms. The molecular weight excluding hydrogens is 236 g/mol. The lowest BCUT2D eigenvalue weighted by Gasteiger charge is -2.26. The van der Waals surface area contributed by atoms with Crippen LogP contribution in [0.1, 0.15) is 37.0 Å². The van der Waals surface area contributed by atoms with E-state index in [2.05, 4.69) is 17.4 Å². The Morgan fingerprint density at radius 1 is 1.21 bits per heavy atom. The van der Waals surface area contributed by atoms with Crippen molar-refractivity contribution in [1.82, 2.24) is 5.32 Å². The first-order valence-electron chi connectivity index (χ1n) is 7.20. The first-order chi connectivity index (χ1) is 9.24. The number of aryl methyl sites for hydroxylation is 1. The summed E-state index contributed by atoms with van der Waals surface area (Å²) in [5.41, 5.74) is 8.23. The molecule has 0 aliphatic heterocycles. The van der Waals surface area contributed by atoms with E-state index in [1.165, 1.54) is 23.8 Å². The van der Waals surface area contributed by atoms with E-state index >= 15 is 0 Å². The van der Waals surface area contributed by atoms with Gasteiger partial charge in [0.25, 0.3) is 0 Å². The average molecular weight is 258 g/mol. The third-order valence-electron chi connectivity index (χ3n) is 4.24. The molecule has 3 N–H and O–H groups in total. The third kappa shape index (κ3) is 2.67. The Hall–Kier alpha value is -1.32. The molecule has 3 nitrogen and oxygen atoms in total. The molecule has 0 unspecified atom stereocenters. The molecule has 1 saturated carbocycles.